The Morgan fingerprint density at radius 3 is 2.71 bits per heavy atom. The number of tetrazole rings is 1. The van der Waals surface area contributed by atoms with Crippen molar-refractivity contribution < 1.29 is 4.74 Å². The highest BCUT2D eigenvalue weighted by atomic mass is 35.5. The number of rotatable bonds is 5. The Morgan fingerprint density at radius 1 is 1.19 bits per heavy atom. The fourth-order valence-electron chi connectivity index (χ4n) is 1.72. The van der Waals surface area contributed by atoms with Gasteiger partial charge in [-0.1, -0.05) is 11.6 Å². The van der Waals surface area contributed by atoms with E-state index in [9.17, 15) is 4.79 Å². The second kappa shape index (κ2) is 6.11. The minimum absolute atomic E-state index is 0.280. The summed E-state index contributed by atoms with van der Waals surface area (Å²) < 4.78 is 8.07. The third-order valence-electron chi connectivity index (χ3n) is 2.74. The van der Waals surface area contributed by atoms with Crippen molar-refractivity contribution in [3.63, 3.8) is 0 Å². The van der Waals surface area contributed by atoms with Crippen LogP contribution in [0.15, 0.2) is 46.6 Å². The monoisotopic (exact) mass is 322 g/mol. The molecule has 6 nitrogen and oxygen atoms in total. The summed E-state index contributed by atoms with van der Waals surface area (Å²) in [4.78, 5) is 12.1. The summed E-state index contributed by atoms with van der Waals surface area (Å²) >= 11 is 7.22. The van der Waals surface area contributed by atoms with Gasteiger partial charge in [-0.2, -0.15) is 9.36 Å². The highest BCUT2D eigenvalue weighted by Crippen LogP contribution is 2.15. The lowest BCUT2D eigenvalue weighted by molar-refractivity contribution is 0.287. The first-order valence-corrected chi connectivity index (χ1v) is 7.45. The van der Waals surface area contributed by atoms with Crippen molar-refractivity contribution >= 4 is 22.9 Å². The van der Waals surface area contributed by atoms with Crippen LogP contribution in [0.4, 0.5) is 0 Å². The molecule has 0 spiro atoms. The lowest BCUT2D eigenvalue weighted by atomic mass is 10.3. The lowest BCUT2D eigenvalue weighted by Gasteiger charge is -2.04. The maximum atomic E-state index is 12.1. The molecule has 0 unspecified atom stereocenters. The second-order valence-electron chi connectivity index (χ2n) is 4.15. The topological polar surface area (TPSA) is 61.9 Å². The van der Waals surface area contributed by atoms with Crippen LogP contribution in [0.2, 0.25) is 5.02 Å². The normalized spacial score (nSPS) is 10.7. The molecule has 0 N–H and O–H groups in total. The number of ether oxygens (including phenoxy) is 1. The zero-order chi connectivity index (χ0) is 14.7. The Balaban J connectivity index is 1.64. The van der Waals surface area contributed by atoms with Gasteiger partial charge in [0, 0.05) is 5.02 Å². The van der Waals surface area contributed by atoms with Crippen molar-refractivity contribution in [1.82, 2.24) is 19.8 Å². The van der Waals surface area contributed by atoms with Gasteiger partial charge in [0.2, 0.25) is 0 Å². The molecule has 108 valence electrons. The summed E-state index contributed by atoms with van der Waals surface area (Å²) in [6.45, 7) is 0.650. The Bertz CT molecular complexity index is 764. The van der Waals surface area contributed by atoms with Gasteiger partial charge in [0.1, 0.15) is 17.4 Å². The first-order valence-electron chi connectivity index (χ1n) is 6.19. The molecule has 8 heteroatoms. The van der Waals surface area contributed by atoms with Gasteiger partial charge in [-0.15, -0.1) is 11.3 Å². The largest absolute Gasteiger partial charge is 0.492 e. The van der Waals surface area contributed by atoms with E-state index in [1.165, 1.54) is 20.7 Å². The van der Waals surface area contributed by atoms with Gasteiger partial charge in [0.25, 0.3) is 0 Å². The average molecular weight is 323 g/mol. The Hall–Kier alpha value is -2.12. The van der Waals surface area contributed by atoms with E-state index in [1.54, 1.807) is 24.3 Å². The first-order chi connectivity index (χ1) is 10.2. The number of aromatic nitrogens is 4. The van der Waals surface area contributed by atoms with Crippen LogP contribution < -0.4 is 10.4 Å². The number of benzene rings is 1. The minimum Gasteiger partial charge on any atom is -0.492 e. The van der Waals surface area contributed by atoms with Gasteiger partial charge in [0.05, 0.1) is 6.54 Å². The van der Waals surface area contributed by atoms with Gasteiger partial charge in [0.15, 0.2) is 0 Å². The molecule has 0 aliphatic heterocycles. The van der Waals surface area contributed by atoms with Crippen molar-refractivity contribution in [2.75, 3.05) is 6.61 Å². The summed E-state index contributed by atoms with van der Waals surface area (Å²) in [7, 11) is 0. The molecule has 0 aliphatic rings. The predicted molar refractivity (Wildman–Crippen MR) is 80.4 cm³/mol. The van der Waals surface area contributed by atoms with Crippen LogP contribution in [0, 0.1) is 0 Å². The molecule has 3 aromatic rings. The van der Waals surface area contributed by atoms with E-state index >= 15 is 0 Å². The predicted octanol–water partition coefficient (Wildman–Crippen LogP) is 2.22. The van der Waals surface area contributed by atoms with E-state index in [1.807, 2.05) is 17.5 Å². The summed E-state index contributed by atoms with van der Waals surface area (Å²) in [5, 5.41) is 11.0. The van der Waals surface area contributed by atoms with E-state index < -0.39 is 0 Å². The Labute approximate surface area is 129 Å². The molecule has 2 aromatic heterocycles. The van der Waals surface area contributed by atoms with E-state index in [0.717, 1.165) is 5.00 Å². The van der Waals surface area contributed by atoms with E-state index in [-0.39, 0.29) is 5.69 Å². The summed E-state index contributed by atoms with van der Waals surface area (Å²) in [5.74, 6) is 0.693. The van der Waals surface area contributed by atoms with Gasteiger partial charge in [-0.05, 0) is 52.2 Å². The van der Waals surface area contributed by atoms with Crippen molar-refractivity contribution in [2.24, 2.45) is 0 Å². The molecule has 1 aromatic carbocycles. The zero-order valence-corrected chi connectivity index (χ0v) is 12.4. The smallest absolute Gasteiger partial charge is 0.369 e. The molecule has 21 heavy (non-hydrogen) atoms. The average Bonchev–Trinajstić information content (AvgIpc) is 3.12. The van der Waals surface area contributed by atoms with Gasteiger partial charge in [-0.25, -0.2) is 4.79 Å². The van der Waals surface area contributed by atoms with Crippen LogP contribution in [0.3, 0.4) is 0 Å². The molecule has 0 fully saturated rings. The van der Waals surface area contributed by atoms with Gasteiger partial charge < -0.3 is 4.74 Å². The van der Waals surface area contributed by atoms with E-state index in [2.05, 4.69) is 10.4 Å². The van der Waals surface area contributed by atoms with Crippen LogP contribution >= 0.6 is 22.9 Å². The highest BCUT2D eigenvalue weighted by molar-refractivity contribution is 7.12. The van der Waals surface area contributed by atoms with Crippen LogP contribution in [0.1, 0.15) is 0 Å². The van der Waals surface area contributed by atoms with Gasteiger partial charge in [-0.3, -0.25) is 0 Å². The Kier molecular flexibility index (Phi) is 4.03. The highest BCUT2D eigenvalue weighted by Gasteiger charge is 2.09. The molecular formula is C13H11ClN4O2S. The molecule has 0 atom stereocenters. The van der Waals surface area contributed by atoms with Crippen molar-refractivity contribution in [3.8, 4) is 10.8 Å². The number of nitrogens with zero attached hydrogens (tertiary/aromatic N) is 4. The molecular weight excluding hydrogens is 312 g/mol. The molecule has 0 amide bonds. The molecule has 2 heterocycles. The molecule has 0 bridgehead atoms. The third kappa shape index (κ3) is 3.14. The number of hydrogen-bond acceptors (Lipinski definition) is 5. The van der Waals surface area contributed by atoms with Crippen LogP contribution in [-0.4, -0.2) is 26.4 Å². The molecule has 0 saturated heterocycles. The maximum absolute atomic E-state index is 12.1. The molecule has 0 radical (unpaired) electrons. The number of thiophene rings is 1. The van der Waals surface area contributed by atoms with Crippen LogP contribution in [0.5, 0.6) is 5.75 Å². The fraction of sp³-hybridized carbons (Fsp3) is 0.154. The SMILES string of the molecule is O=c1n(CCOc2ccc(Cl)cc2)nnn1-c1cccs1. The van der Waals surface area contributed by atoms with Crippen LogP contribution in [0.25, 0.3) is 5.00 Å². The fourth-order valence-corrected chi connectivity index (χ4v) is 2.52. The van der Waals surface area contributed by atoms with E-state index in [0.29, 0.717) is 23.9 Å². The molecule has 0 saturated carbocycles. The number of halogens is 1. The van der Waals surface area contributed by atoms with E-state index in [4.69, 9.17) is 16.3 Å². The summed E-state index contributed by atoms with van der Waals surface area (Å²) in [6, 6.07) is 10.7. The zero-order valence-electron chi connectivity index (χ0n) is 10.8. The maximum Gasteiger partial charge on any atom is 0.369 e. The lowest BCUT2D eigenvalue weighted by Crippen LogP contribution is -2.26. The minimum atomic E-state index is -0.280. The third-order valence-corrected chi connectivity index (χ3v) is 3.84. The van der Waals surface area contributed by atoms with Crippen molar-refractivity contribution in [2.45, 2.75) is 6.54 Å². The van der Waals surface area contributed by atoms with Crippen molar-refractivity contribution in [3.05, 3.63) is 57.3 Å². The molecule has 0 aliphatic carbocycles. The Morgan fingerprint density at radius 2 is 2.00 bits per heavy atom. The second-order valence-corrected chi connectivity index (χ2v) is 5.51. The summed E-state index contributed by atoms with van der Waals surface area (Å²) in [5.41, 5.74) is -0.280. The van der Waals surface area contributed by atoms with Gasteiger partial charge >= 0.3 is 5.69 Å². The van der Waals surface area contributed by atoms with Crippen molar-refractivity contribution in [1.29, 1.82) is 0 Å². The first kappa shape index (κ1) is 13.8. The quantitative estimate of drug-likeness (QED) is 0.722. The molecule has 3 rings (SSSR count). The standard InChI is InChI=1S/C13H11ClN4O2S/c14-10-3-5-11(6-4-10)20-8-7-17-13(19)18(16-15-17)12-2-1-9-21-12/h1-6,9H,7-8H2. The van der Waals surface area contributed by atoms with Crippen LogP contribution in [-0.2, 0) is 6.54 Å². The number of hydrogen-bond donors (Lipinski definition) is 0. The summed E-state index contributed by atoms with van der Waals surface area (Å²) in [6.07, 6.45) is 0.